The highest BCUT2D eigenvalue weighted by atomic mass is 19.1. The zero-order valence-electron chi connectivity index (χ0n) is 12.1. The summed E-state index contributed by atoms with van der Waals surface area (Å²) in [6.45, 7) is 5.71. The fourth-order valence-electron chi connectivity index (χ4n) is 1.79. The van der Waals surface area contributed by atoms with Gasteiger partial charge in [-0.3, -0.25) is 9.69 Å². The molecule has 112 valence electrons. The Hall–Kier alpha value is -1.46. The van der Waals surface area contributed by atoms with E-state index in [1.165, 1.54) is 12.1 Å². The van der Waals surface area contributed by atoms with Crippen molar-refractivity contribution in [3.05, 3.63) is 35.6 Å². The number of carbonyl (C=O) groups excluding carboxylic acids is 1. The van der Waals surface area contributed by atoms with Gasteiger partial charge in [0.2, 0.25) is 5.91 Å². The molecule has 1 atom stereocenters. The van der Waals surface area contributed by atoms with Gasteiger partial charge in [0.05, 0.1) is 12.6 Å². The van der Waals surface area contributed by atoms with Gasteiger partial charge in [-0.15, -0.1) is 0 Å². The van der Waals surface area contributed by atoms with Gasteiger partial charge in [0, 0.05) is 13.1 Å². The van der Waals surface area contributed by atoms with Crippen molar-refractivity contribution < 1.29 is 14.3 Å². The SMILES string of the molecule is CCC(O)CN(CC)CC(=O)NCc1ccc(F)cc1. The zero-order chi connectivity index (χ0) is 15.0. The minimum atomic E-state index is -0.403. The Morgan fingerprint density at radius 1 is 1.35 bits per heavy atom. The number of nitrogens with zero attached hydrogens (tertiary/aromatic N) is 1. The highest BCUT2D eigenvalue weighted by Crippen LogP contribution is 2.02. The molecule has 2 N–H and O–H groups in total. The van der Waals surface area contributed by atoms with Crippen LogP contribution in [0.25, 0.3) is 0 Å². The van der Waals surface area contributed by atoms with Crippen LogP contribution >= 0.6 is 0 Å². The molecule has 0 aliphatic carbocycles. The number of carbonyl (C=O) groups is 1. The highest BCUT2D eigenvalue weighted by molar-refractivity contribution is 5.78. The van der Waals surface area contributed by atoms with Crippen molar-refractivity contribution in [1.29, 1.82) is 0 Å². The number of likely N-dealkylation sites (N-methyl/N-ethyl adjacent to an activating group) is 1. The summed E-state index contributed by atoms with van der Waals surface area (Å²) in [5.74, 6) is -0.384. The molecule has 20 heavy (non-hydrogen) atoms. The molecule has 0 bridgehead atoms. The number of aliphatic hydroxyl groups excluding tert-OH is 1. The van der Waals surface area contributed by atoms with Crippen LogP contribution in [0.2, 0.25) is 0 Å². The largest absolute Gasteiger partial charge is 0.392 e. The topological polar surface area (TPSA) is 52.6 Å². The van der Waals surface area contributed by atoms with Gasteiger partial charge in [-0.05, 0) is 30.7 Å². The summed E-state index contributed by atoms with van der Waals surface area (Å²) in [6.07, 6.45) is 0.271. The third kappa shape index (κ3) is 6.12. The molecule has 4 nitrogen and oxygen atoms in total. The number of rotatable bonds is 8. The predicted octanol–water partition coefficient (Wildman–Crippen LogP) is 1.53. The second kappa shape index (κ2) is 8.66. The molecular formula is C15H23FN2O2. The molecule has 1 rings (SSSR count). The quantitative estimate of drug-likeness (QED) is 0.760. The lowest BCUT2D eigenvalue weighted by Gasteiger charge is -2.22. The van der Waals surface area contributed by atoms with Crippen LogP contribution in [0.4, 0.5) is 4.39 Å². The smallest absolute Gasteiger partial charge is 0.234 e. The monoisotopic (exact) mass is 282 g/mol. The summed E-state index contributed by atoms with van der Waals surface area (Å²) < 4.78 is 12.7. The maximum absolute atomic E-state index is 12.7. The Labute approximate surface area is 119 Å². The van der Waals surface area contributed by atoms with Gasteiger partial charge in [0.15, 0.2) is 0 Å². The van der Waals surface area contributed by atoms with Crippen LogP contribution in [-0.4, -0.2) is 41.7 Å². The first kappa shape index (κ1) is 16.6. The van der Waals surface area contributed by atoms with Gasteiger partial charge in [0.1, 0.15) is 5.82 Å². The normalized spacial score (nSPS) is 12.4. The Morgan fingerprint density at radius 3 is 2.55 bits per heavy atom. The molecule has 5 heteroatoms. The number of halogens is 1. The predicted molar refractivity (Wildman–Crippen MR) is 76.7 cm³/mol. The van der Waals surface area contributed by atoms with Crippen molar-refractivity contribution in [1.82, 2.24) is 10.2 Å². The summed E-state index contributed by atoms with van der Waals surface area (Å²) in [6, 6.07) is 6.04. The molecule has 0 fully saturated rings. The molecule has 1 aromatic carbocycles. The van der Waals surface area contributed by atoms with E-state index in [1.54, 1.807) is 12.1 Å². The number of amides is 1. The number of hydrogen-bond acceptors (Lipinski definition) is 3. The lowest BCUT2D eigenvalue weighted by molar-refractivity contribution is -0.122. The van der Waals surface area contributed by atoms with Crippen LogP contribution in [0.1, 0.15) is 25.8 Å². The van der Waals surface area contributed by atoms with Crippen LogP contribution in [0.3, 0.4) is 0 Å². The van der Waals surface area contributed by atoms with Crippen LogP contribution < -0.4 is 5.32 Å². The van der Waals surface area contributed by atoms with Crippen molar-refractivity contribution in [3.63, 3.8) is 0 Å². The Morgan fingerprint density at radius 2 is 2.00 bits per heavy atom. The molecular weight excluding hydrogens is 259 g/mol. The average Bonchev–Trinajstić information content (AvgIpc) is 2.45. The number of hydrogen-bond donors (Lipinski definition) is 2. The van der Waals surface area contributed by atoms with Crippen LogP contribution in [0.5, 0.6) is 0 Å². The molecule has 0 aliphatic rings. The fraction of sp³-hybridized carbons (Fsp3) is 0.533. The van der Waals surface area contributed by atoms with E-state index in [4.69, 9.17) is 0 Å². The van der Waals surface area contributed by atoms with Crippen molar-refractivity contribution in [2.45, 2.75) is 32.9 Å². The summed E-state index contributed by atoms with van der Waals surface area (Å²) in [4.78, 5) is 13.7. The van der Waals surface area contributed by atoms with E-state index in [9.17, 15) is 14.3 Å². The average molecular weight is 282 g/mol. The second-order valence-corrected chi connectivity index (χ2v) is 4.79. The highest BCUT2D eigenvalue weighted by Gasteiger charge is 2.12. The fourth-order valence-corrected chi connectivity index (χ4v) is 1.79. The molecule has 0 radical (unpaired) electrons. The third-order valence-electron chi connectivity index (χ3n) is 3.16. The van der Waals surface area contributed by atoms with Crippen molar-refractivity contribution in [2.24, 2.45) is 0 Å². The molecule has 0 aliphatic heterocycles. The van der Waals surface area contributed by atoms with Crippen LogP contribution in [-0.2, 0) is 11.3 Å². The summed E-state index contributed by atoms with van der Waals surface area (Å²) in [7, 11) is 0. The van der Waals surface area contributed by atoms with E-state index in [1.807, 2.05) is 18.7 Å². The molecule has 0 spiro atoms. The number of nitrogens with one attached hydrogen (secondary N) is 1. The van der Waals surface area contributed by atoms with E-state index in [2.05, 4.69) is 5.32 Å². The zero-order valence-corrected chi connectivity index (χ0v) is 12.1. The third-order valence-corrected chi connectivity index (χ3v) is 3.16. The van der Waals surface area contributed by atoms with Crippen LogP contribution in [0, 0.1) is 5.82 Å². The van der Waals surface area contributed by atoms with Gasteiger partial charge < -0.3 is 10.4 Å². The summed E-state index contributed by atoms with van der Waals surface area (Å²) in [5, 5.41) is 12.4. The van der Waals surface area contributed by atoms with Gasteiger partial charge >= 0.3 is 0 Å². The van der Waals surface area contributed by atoms with Gasteiger partial charge in [-0.2, -0.15) is 0 Å². The number of benzene rings is 1. The maximum Gasteiger partial charge on any atom is 0.234 e. The van der Waals surface area contributed by atoms with Crippen molar-refractivity contribution in [2.75, 3.05) is 19.6 Å². The van der Waals surface area contributed by atoms with E-state index < -0.39 is 6.10 Å². The Bertz CT molecular complexity index is 409. The molecule has 0 saturated heterocycles. The van der Waals surface area contributed by atoms with Crippen molar-refractivity contribution in [3.8, 4) is 0 Å². The van der Waals surface area contributed by atoms with Gasteiger partial charge in [-0.25, -0.2) is 4.39 Å². The first-order valence-electron chi connectivity index (χ1n) is 6.96. The lowest BCUT2D eigenvalue weighted by Crippen LogP contribution is -2.40. The maximum atomic E-state index is 12.7. The Balaban J connectivity index is 2.36. The molecule has 1 aromatic rings. The second-order valence-electron chi connectivity index (χ2n) is 4.79. The minimum absolute atomic E-state index is 0.0977. The van der Waals surface area contributed by atoms with Crippen molar-refractivity contribution >= 4 is 5.91 Å². The number of aliphatic hydroxyl groups is 1. The molecule has 0 aromatic heterocycles. The lowest BCUT2D eigenvalue weighted by atomic mass is 10.2. The van der Waals surface area contributed by atoms with Crippen LogP contribution in [0.15, 0.2) is 24.3 Å². The first-order valence-corrected chi connectivity index (χ1v) is 6.96. The van der Waals surface area contributed by atoms with Gasteiger partial charge in [-0.1, -0.05) is 26.0 Å². The van der Waals surface area contributed by atoms with E-state index >= 15 is 0 Å². The minimum Gasteiger partial charge on any atom is -0.392 e. The molecule has 1 amide bonds. The molecule has 0 heterocycles. The standard InChI is InChI=1S/C15H23FN2O2/c1-3-14(19)10-18(4-2)11-15(20)17-9-12-5-7-13(16)8-6-12/h5-8,14,19H,3-4,9-11H2,1-2H3,(H,17,20). The molecule has 0 saturated carbocycles. The summed E-state index contributed by atoms with van der Waals surface area (Å²) in [5.41, 5.74) is 0.858. The van der Waals surface area contributed by atoms with E-state index in [0.29, 0.717) is 26.1 Å². The molecule has 1 unspecified atom stereocenters. The first-order chi connectivity index (χ1) is 9.55. The van der Waals surface area contributed by atoms with E-state index in [-0.39, 0.29) is 18.3 Å². The van der Waals surface area contributed by atoms with Gasteiger partial charge in [0.25, 0.3) is 0 Å². The summed E-state index contributed by atoms with van der Waals surface area (Å²) >= 11 is 0. The Kier molecular flexibility index (Phi) is 7.18. The van der Waals surface area contributed by atoms with E-state index in [0.717, 1.165) is 5.56 Å².